The number of hydrogen-bond acceptors (Lipinski definition) is 4. The molecule has 0 bridgehead atoms. The van der Waals surface area contributed by atoms with E-state index < -0.39 is 0 Å². The van der Waals surface area contributed by atoms with E-state index >= 15 is 0 Å². The van der Waals surface area contributed by atoms with Crippen LogP contribution < -0.4 is 10.1 Å². The molecule has 0 spiro atoms. The Balaban J connectivity index is 1.50. The third-order valence-corrected chi connectivity index (χ3v) is 5.00. The van der Waals surface area contributed by atoms with E-state index in [9.17, 15) is 4.79 Å². The number of oxazole rings is 1. The van der Waals surface area contributed by atoms with Crippen molar-refractivity contribution in [3.63, 3.8) is 0 Å². The summed E-state index contributed by atoms with van der Waals surface area (Å²) >= 11 is 12.1. The van der Waals surface area contributed by atoms with Gasteiger partial charge in [0.15, 0.2) is 11.5 Å². The number of halogens is 2. The molecule has 1 amide bonds. The second-order valence-corrected chi connectivity index (χ2v) is 7.47. The van der Waals surface area contributed by atoms with Crippen LogP contribution in [0.5, 0.6) is 5.75 Å². The Bertz CT molecular complexity index is 1200. The van der Waals surface area contributed by atoms with Crippen LogP contribution in [0.2, 0.25) is 10.0 Å². The average Bonchev–Trinajstić information content (AvgIpc) is 3.13. The van der Waals surface area contributed by atoms with E-state index in [1.54, 1.807) is 36.4 Å². The molecule has 0 saturated carbocycles. The molecule has 1 aromatic heterocycles. The maximum absolute atomic E-state index is 12.6. The number of nitrogens with one attached hydrogen (secondary N) is 1. The molecule has 0 aliphatic rings. The topological polar surface area (TPSA) is 64.4 Å². The molecule has 0 unspecified atom stereocenters. The van der Waals surface area contributed by atoms with Crippen LogP contribution in [0.1, 0.15) is 28.7 Å². The Morgan fingerprint density at radius 3 is 2.60 bits per heavy atom. The SMILES string of the molecule is CCOc1ccc(C(=O)Nc2ccc3oc(Cc4ccc(Cl)cc4)nc3c2)cc1Cl. The second-order valence-electron chi connectivity index (χ2n) is 6.63. The fraction of sp³-hybridized carbons (Fsp3) is 0.130. The molecule has 152 valence electrons. The fourth-order valence-corrected chi connectivity index (χ4v) is 3.38. The molecular weight excluding hydrogens is 423 g/mol. The summed E-state index contributed by atoms with van der Waals surface area (Å²) in [5.41, 5.74) is 3.42. The molecular formula is C23H18Cl2N2O3. The van der Waals surface area contributed by atoms with E-state index in [0.29, 0.717) is 57.1 Å². The Morgan fingerprint density at radius 2 is 1.87 bits per heavy atom. The van der Waals surface area contributed by atoms with Crippen molar-refractivity contribution in [2.45, 2.75) is 13.3 Å². The van der Waals surface area contributed by atoms with Gasteiger partial charge in [0.2, 0.25) is 0 Å². The van der Waals surface area contributed by atoms with E-state index in [2.05, 4.69) is 10.3 Å². The lowest BCUT2D eigenvalue weighted by atomic mass is 10.1. The molecule has 4 aromatic rings. The van der Waals surface area contributed by atoms with Crippen molar-refractivity contribution in [1.82, 2.24) is 4.98 Å². The predicted octanol–water partition coefficient (Wildman–Crippen LogP) is 6.38. The molecule has 0 atom stereocenters. The maximum atomic E-state index is 12.6. The molecule has 0 saturated heterocycles. The highest BCUT2D eigenvalue weighted by molar-refractivity contribution is 6.32. The van der Waals surface area contributed by atoms with Crippen LogP contribution in [0.3, 0.4) is 0 Å². The lowest BCUT2D eigenvalue weighted by Gasteiger charge is -2.08. The van der Waals surface area contributed by atoms with Crippen molar-refractivity contribution >= 4 is 45.9 Å². The highest BCUT2D eigenvalue weighted by Gasteiger charge is 2.12. The van der Waals surface area contributed by atoms with Gasteiger partial charge in [-0.1, -0.05) is 35.3 Å². The van der Waals surface area contributed by atoms with Crippen molar-refractivity contribution in [2.75, 3.05) is 11.9 Å². The van der Waals surface area contributed by atoms with Gasteiger partial charge in [-0.15, -0.1) is 0 Å². The van der Waals surface area contributed by atoms with Crippen LogP contribution in [-0.4, -0.2) is 17.5 Å². The fourth-order valence-electron chi connectivity index (χ4n) is 3.02. The van der Waals surface area contributed by atoms with Gasteiger partial charge in [-0.25, -0.2) is 4.98 Å². The standard InChI is InChI=1S/C23H18Cl2N2O3/c1-2-29-20-9-5-15(12-18(20)25)23(28)26-17-8-10-21-19(13-17)27-22(30-21)11-14-3-6-16(24)7-4-14/h3-10,12-13H,2,11H2,1H3,(H,26,28). The number of anilines is 1. The molecule has 4 rings (SSSR count). The molecule has 0 radical (unpaired) electrons. The number of nitrogens with zero attached hydrogens (tertiary/aromatic N) is 1. The van der Waals surface area contributed by atoms with Gasteiger partial charge in [0.25, 0.3) is 5.91 Å². The maximum Gasteiger partial charge on any atom is 0.255 e. The highest BCUT2D eigenvalue weighted by Crippen LogP contribution is 2.27. The first-order valence-corrected chi connectivity index (χ1v) is 10.1. The summed E-state index contributed by atoms with van der Waals surface area (Å²) in [6.45, 7) is 2.38. The number of carbonyl (C=O) groups excluding carboxylic acids is 1. The number of hydrogen-bond donors (Lipinski definition) is 1. The zero-order chi connectivity index (χ0) is 21.1. The average molecular weight is 441 g/mol. The van der Waals surface area contributed by atoms with Crippen LogP contribution in [0, 0.1) is 0 Å². The van der Waals surface area contributed by atoms with E-state index in [0.717, 1.165) is 5.56 Å². The minimum absolute atomic E-state index is 0.274. The third-order valence-electron chi connectivity index (χ3n) is 4.45. The Morgan fingerprint density at radius 1 is 1.07 bits per heavy atom. The van der Waals surface area contributed by atoms with Crippen molar-refractivity contribution in [2.24, 2.45) is 0 Å². The quantitative estimate of drug-likeness (QED) is 0.377. The number of fused-ring (bicyclic) bond motifs is 1. The van der Waals surface area contributed by atoms with Crippen LogP contribution in [0.25, 0.3) is 11.1 Å². The van der Waals surface area contributed by atoms with E-state index in [1.165, 1.54) is 0 Å². The van der Waals surface area contributed by atoms with Crippen molar-refractivity contribution < 1.29 is 13.9 Å². The first-order valence-electron chi connectivity index (χ1n) is 9.39. The van der Waals surface area contributed by atoms with Crippen molar-refractivity contribution in [3.05, 3.63) is 87.7 Å². The van der Waals surface area contributed by atoms with Gasteiger partial charge < -0.3 is 14.5 Å². The van der Waals surface area contributed by atoms with Gasteiger partial charge in [-0.05, 0) is 61.0 Å². The first-order chi connectivity index (χ1) is 14.5. The predicted molar refractivity (Wildman–Crippen MR) is 119 cm³/mol. The van der Waals surface area contributed by atoms with Gasteiger partial charge in [0.05, 0.1) is 11.6 Å². The highest BCUT2D eigenvalue weighted by atomic mass is 35.5. The smallest absolute Gasteiger partial charge is 0.255 e. The Kier molecular flexibility index (Phi) is 5.93. The summed E-state index contributed by atoms with van der Waals surface area (Å²) in [6.07, 6.45) is 0.554. The van der Waals surface area contributed by atoms with Gasteiger partial charge in [-0.2, -0.15) is 0 Å². The van der Waals surface area contributed by atoms with Gasteiger partial charge in [0.1, 0.15) is 11.3 Å². The lowest BCUT2D eigenvalue weighted by Crippen LogP contribution is -2.11. The van der Waals surface area contributed by atoms with Crippen molar-refractivity contribution in [3.8, 4) is 5.75 Å². The molecule has 7 heteroatoms. The number of benzene rings is 3. The molecule has 3 aromatic carbocycles. The largest absolute Gasteiger partial charge is 0.492 e. The van der Waals surface area contributed by atoms with Crippen LogP contribution in [0.4, 0.5) is 5.69 Å². The van der Waals surface area contributed by atoms with Crippen LogP contribution in [0.15, 0.2) is 65.1 Å². The van der Waals surface area contributed by atoms with Gasteiger partial charge in [0, 0.05) is 22.7 Å². The summed E-state index contributed by atoms with van der Waals surface area (Å²) in [5, 5.41) is 3.94. The van der Waals surface area contributed by atoms with Gasteiger partial charge in [-0.3, -0.25) is 4.79 Å². The van der Waals surface area contributed by atoms with Gasteiger partial charge >= 0.3 is 0 Å². The number of aromatic nitrogens is 1. The summed E-state index contributed by atoms with van der Waals surface area (Å²) in [7, 11) is 0. The minimum atomic E-state index is -0.274. The molecule has 0 aliphatic carbocycles. The number of ether oxygens (including phenoxy) is 1. The molecule has 1 N–H and O–H groups in total. The lowest BCUT2D eigenvalue weighted by molar-refractivity contribution is 0.102. The van der Waals surface area contributed by atoms with E-state index in [-0.39, 0.29) is 5.91 Å². The zero-order valence-corrected chi connectivity index (χ0v) is 17.6. The molecule has 30 heavy (non-hydrogen) atoms. The zero-order valence-electron chi connectivity index (χ0n) is 16.1. The monoisotopic (exact) mass is 440 g/mol. The summed E-state index contributed by atoms with van der Waals surface area (Å²) in [5.74, 6) is 0.867. The summed E-state index contributed by atoms with van der Waals surface area (Å²) < 4.78 is 11.2. The van der Waals surface area contributed by atoms with E-state index in [4.69, 9.17) is 32.4 Å². The molecule has 1 heterocycles. The second kappa shape index (κ2) is 8.78. The summed E-state index contributed by atoms with van der Waals surface area (Å²) in [6, 6.07) is 17.8. The third kappa shape index (κ3) is 4.58. The molecule has 0 aliphatic heterocycles. The van der Waals surface area contributed by atoms with Crippen LogP contribution in [-0.2, 0) is 6.42 Å². The number of amides is 1. The number of rotatable bonds is 6. The first kappa shape index (κ1) is 20.3. The van der Waals surface area contributed by atoms with Crippen molar-refractivity contribution in [1.29, 1.82) is 0 Å². The minimum Gasteiger partial charge on any atom is -0.492 e. The normalized spacial score (nSPS) is 10.9. The molecule has 5 nitrogen and oxygen atoms in total. The Hall–Kier alpha value is -3.02. The Labute approximate surface area is 183 Å². The summed E-state index contributed by atoms with van der Waals surface area (Å²) in [4.78, 5) is 17.1. The number of carbonyl (C=O) groups is 1. The van der Waals surface area contributed by atoms with Crippen LogP contribution >= 0.6 is 23.2 Å². The van der Waals surface area contributed by atoms with E-state index in [1.807, 2.05) is 31.2 Å². The molecule has 0 fully saturated rings.